The Balaban J connectivity index is 2.30. The molecule has 0 saturated heterocycles. The lowest BCUT2D eigenvalue weighted by Crippen LogP contribution is -1.84. The van der Waals surface area contributed by atoms with Crippen molar-refractivity contribution in [2.75, 3.05) is 0 Å². The average molecular weight is 223 g/mol. The van der Waals surface area contributed by atoms with Crippen molar-refractivity contribution in [3.8, 4) is 16.9 Å². The molecule has 2 nitrogen and oxygen atoms in total. The number of benzene rings is 2. The molecule has 0 radical (unpaired) electrons. The second kappa shape index (κ2) is 3.67. The molecule has 0 amide bonds. The van der Waals surface area contributed by atoms with Crippen molar-refractivity contribution < 1.29 is 5.11 Å². The fraction of sp³-hybridized carbons (Fsp3) is 0.0667. The molecule has 0 aliphatic rings. The van der Waals surface area contributed by atoms with E-state index in [4.69, 9.17) is 0 Å². The van der Waals surface area contributed by atoms with E-state index in [0.717, 1.165) is 11.1 Å². The number of rotatable bonds is 1. The molecule has 2 aromatic carbocycles. The Morgan fingerprint density at radius 1 is 1.00 bits per heavy atom. The van der Waals surface area contributed by atoms with Gasteiger partial charge in [-0.25, -0.2) is 0 Å². The van der Waals surface area contributed by atoms with Gasteiger partial charge in [-0.3, -0.25) is 0 Å². The Hall–Kier alpha value is -2.22. The summed E-state index contributed by atoms with van der Waals surface area (Å²) in [6, 6.07) is 15.7. The monoisotopic (exact) mass is 223 g/mol. The zero-order valence-corrected chi connectivity index (χ0v) is 9.59. The van der Waals surface area contributed by atoms with Gasteiger partial charge in [0.05, 0.1) is 0 Å². The number of hydrogen-bond donors (Lipinski definition) is 1. The van der Waals surface area contributed by atoms with Crippen molar-refractivity contribution >= 4 is 10.9 Å². The van der Waals surface area contributed by atoms with E-state index in [0.29, 0.717) is 5.75 Å². The number of hydrogen-bond acceptors (Lipinski definition) is 1. The van der Waals surface area contributed by atoms with Crippen molar-refractivity contribution in [1.82, 2.24) is 4.57 Å². The van der Waals surface area contributed by atoms with E-state index in [1.54, 1.807) is 12.1 Å². The zero-order valence-electron chi connectivity index (χ0n) is 9.59. The fourth-order valence-corrected chi connectivity index (χ4v) is 2.23. The number of phenols is 1. The molecule has 3 aromatic rings. The van der Waals surface area contributed by atoms with Gasteiger partial charge in [-0.15, -0.1) is 0 Å². The highest BCUT2D eigenvalue weighted by Crippen LogP contribution is 2.30. The largest absolute Gasteiger partial charge is 0.508 e. The van der Waals surface area contributed by atoms with Gasteiger partial charge >= 0.3 is 0 Å². The van der Waals surface area contributed by atoms with Crippen molar-refractivity contribution in [3.05, 3.63) is 54.7 Å². The van der Waals surface area contributed by atoms with Gasteiger partial charge < -0.3 is 9.67 Å². The number of aromatic nitrogens is 1. The van der Waals surface area contributed by atoms with Crippen LogP contribution in [0.2, 0.25) is 0 Å². The highest BCUT2D eigenvalue weighted by atomic mass is 16.3. The van der Waals surface area contributed by atoms with Gasteiger partial charge in [0.1, 0.15) is 5.75 Å². The summed E-state index contributed by atoms with van der Waals surface area (Å²) < 4.78 is 2.10. The van der Waals surface area contributed by atoms with Crippen molar-refractivity contribution in [3.63, 3.8) is 0 Å². The molecule has 1 N–H and O–H groups in total. The van der Waals surface area contributed by atoms with Crippen LogP contribution in [-0.2, 0) is 7.05 Å². The Morgan fingerprint density at radius 3 is 2.65 bits per heavy atom. The summed E-state index contributed by atoms with van der Waals surface area (Å²) >= 11 is 0. The second-order valence-corrected chi connectivity index (χ2v) is 4.22. The first-order valence-electron chi connectivity index (χ1n) is 5.59. The molecule has 2 heteroatoms. The van der Waals surface area contributed by atoms with Gasteiger partial charge in [-0.2, -0.15) is 0 Å². The number of phenolic OH excluding ortho intramolecular Hbond substituents is 1. The van der Waals surface area contributed by atoms with Crippen LogP contribution in [0.3, 0.4) is 0 Å². The molecule has 3 rings (SSSR count). The van der Waals surface area contributed by atoms with Crippen LogP contribution in [0, 0.1) is 0 Å². The fourth-order valence-electron chi connectivity index (χ4n) is 2.23. The van der Waals surface area contributed by atoms with E-state index in [-0.39, 0.29) is 0 Å². The quantitative estimate of drug-likeness (QED) is 0.670. The van der Waals surface area contributed by atoms with Crippen molar-refractivity contribution in [2.45, 2.75) is 0 Å². The van der Waals surface area contributed by atoms with E-state index in [1.165, 1.54) is 10.9 Å². The maximum absolute atomic E-state index is 9.55. The summed E-state index contributed by atoms with van der Waals surface area (Å²) in [6.45, 7) is 0. The molecule has 1 aromatic heterocycles. The third kappa shape index (κ3) is 1.58. The van der Waals surface area contributed by atoms with E-state index >= 15 is 0 Å². The lowest BCUT2D eigenvalue weighted by atomic mass is 10.0. The first kappa shape index (κ1) is 9.97. The van der Waals surface area contributed by atoms with Crippen LogP contribution in [0.1, 0.15) is 0 Å². The van der Waals surface area contributed by atoms with Crippen LogP contribution in [-0.4, -0.2) is 9.67 Å². The third-order valence-electron chi connectivity index (χ3n) is 3.09. The normalized spacial score (nSPS) is 10.9. The van der Waals surface area contributed by atoms with E-state index in [2.05, 4.69) is 29.0 Å². The maximum Gasteiger partial charge on any atom is 0.116 e. The standard InChI is InChI=1S/C15H13NO/c1-16-9-8-14-13(6-3-7-15(14)16)11-4-2-5-12(17)10-11/h2-10,17H,1H3. The number of aryl methyl sites for hydroxylation is 1. The summed E-state index contributed by atoms with van der Waals surface area (Å²) in [5, 5.41) is 10.8. The molecule has 0 atom stereocenters. The number of nitrogens with zero attached hydrogens (tertiary/aromatic N) is 1. The molecule has 0 spiro atoms. The van der Waals surface area contributed by atoms with E-state index in [1.807, 2.05) is 25.2 Å². The summed E-state index contributed by atoms with van der Waals surface area (Å²) in [4.78, 5) is 0. The average Bonchev–Trinajstić information content (AvgIpc) is 2.71. The molecule has 84 valence electrons. The first-order valence-corrected chi connectivity index (χ1v) is 5.59. The van der Waals surface area contributed by atoms with Crippen LogP contribution < -0.4 is 0 Å². The summed E-state index contributed by atoms with van der Waals surface area (Å²) in [6.07, 6.45) is 2.05. The molecular formula is C15H13NO. The Bertz CT molecular complexity index is 682. The summed E-state index contributed by atoms with van der Waals surface area (Å²) in [5.41, 5.74) is 3.40. The molecule has 0 saturated carbocycles. The van der Waals surface area contributed by atoms with Crippen LogP contribution in [0.4, 0.5) is 0 Å². The lowest BCUT2D eigenvalue weighted by Gasteiger charge is -2.05. The van der Waals surface area contributed by atoms with Gasteiger partial charge in [0.2, 0.25) is 0 Å². The van der Waals surface area contributed by atoms with Gasteiger partial charge in [0, 0.05) is 24.1 Å². The molecular weight excluding hydrogens is 210 g/mol. The SMILES string of the molecule is Cn1ccc2c(-c3cccc(O)c3)cccc21. The molecule has 0 bridgehead atoms. The maximum atomic E-state index is 9.55. The van der Waals surface area contributed by atoms with E-state index < -0.39 is 0 Å². The molecule has 0 fully saturated rings. The highest BCUT2D eigenvalue weighted by molar-refractivity contribution is 5.95. The molecule has 0 unspecified atom stereocenters. The van der Waals surface area contributed by atoms with Gasteiger partial charge in [-0.05, 0) is 35.4 Å². The molecule has 0 aliphatic carbocycles. The van der Waals surface area contributed by atoms with Crippen molar-refractivity contribution in [2.24, 2.45) is 7.05 Å². The lowest BCUT2D eigenvalue weighted by molar-refractivity contribution is 0.475. The predicted molar refractivity (Wildman–Crippen MR) is 70.0 cm³/mol. The highest BCUT2D eigenvalue weighted by Gasteiger charge is 2.05. The minimum absolute atomic E-state index is 0.301. The zero-order chi connectivity index (χ0) is 11.8. The molecule has 1 heterocycles. The van der Waals surface area contributed by atoms with E-state index in [9.17, 15) is 5.11 Å². The summed E-state index contributed by atoms with van der Waals surface area (Å²) in [7, 11) is 2.04. The Kier molecular flexibility index (Phi) is 2.15. The van der Waals surface area contributed by atoms with Crippen LogP contribution in [0.15, 0.2) is 54.7 Å². The van der Waals surface area contributed by atoms with Gasteiger partial charge in [-0.1, -0.05) is 24.3 Å². The van der Waals surface area contributed by atoms with Crippen LogP contribution in [0.25, 0.3) is 22.0 Å². The first-order chi connectivity index (χ1) is 8.25. The summed E-state index contributed by atoms with van der Waals surface area (Å²) in [5.74, 6) is 0.301. The smallest absolute Gasteiger partial charge is 0.116 e. The Morgan fingerprint density at radius 2 is 1.82 bits per heavy atom. The van der Waals surface area contributed by atoms with Crippen LogP contribution in [0.5, 0.6) is 5.75 Å². The molecule has 17 heavy (non-hydrogen) atoms. The Labute approximate surface area is 99.7 Å². The molecule has 0 aliphatic heterocycles. The van der Waals surface area contributed by atoms with Crippen LogP contribution >= 0.6 is 0 Å². The predicted octanol–water partition coefficient (Wildman–Crippen LogP) is 3.55. The van der Waals surface area contributed by atoms with Gasteiger partial charge in [0.25, 0.3) is 0 Å². The number of fused-ring (bicyclic) bond motifs is 1. The topological polar surface area (TPSA) is 25.2 Å². The van der Waals surface area contributed by atoms with Gasteiger partial charge in [0.15, 0.2) is 0 Å². The number of aromatic hydroxyl groups is 1. The third-order valence-corrected chi connectivity index (χ3v) is 3.09. The second-order valence-electron chi connectivity index (χ2n) is 4.22. The minimum Gasteiger partial charge on any atom is -0.508 e. The van der Waals surface area contributed by atoms with Crippen molar-refractivity contribution in [1.29, 1.82) is 0 Å². The minimum atomic E-state index is 0.301.